The number of hydrogen-bond acceptors (Lipinski definition) is 1. The highest BCUT2D eigenvalue weighted by Gasteiger charge is 1.71. The minimum absolute atomic E-state index is 0.985. The lowest BCUT2D eigenvalue weighted by Crippen LogP contribution is -1.70. The molecule has 0 fully saturated rings. The Hall–Kier alpha value is -1.03. The fourth-order valence-corrected chi connectivity index (χ4v) is 0.357. The van der Waals surface area contributed by atoms with Crippen molar-refractivity contribution in [3.8, 4) is 0 Å². The zero-order valence-corrected chi connectivity index (χ0v) is 4.10. The third kappa shape index (κ3) is 0.902. The molecule has 0 saturated carbocycles. The van der Waals surface area contributed by atoms with Gasteiger partial charge in [-0.05, 0) is 25.1 Å². The first-order chi connectivity index (χ1) is 3.39. The molecule has 0 spiro atoms. The van der Waals surface area contributed by atoms with Gasteiger partial charge in [0.1, 0.15) is 0 Å². The largest absolute Gasteiger partial charge is 0.202 e. The highest BCUT2D eigenvalue weighted by molar-refractivity contribution is 4.94. The maximum Gasteiger partial charge on any atom is 0.0486 e. The Morgan fingerprint density at radius 1 is 1.71 bits per heavy atom. The third-order valence-electron chi connectivity index (χ3n) is 0.705. The molecule has 1 aromatic heterocycles. The van der Waals surface area contributed by atoms with Gasteiger partial charge in [-0.15, -0.1) is 0 Å². The summed E-state index contributed by atoms with van der Waals surface area (Å²) in [4.78, 5) is 3.80. The molecule has 7 heavy (non-hydrogen) atoms. The second-order valence-corrected chi connectivity index (χ2v) is 1.34. The van der Waals surface area contributed by atoms with Crippen LogP contribution in [-0.4, -0.2) is 4.98 Å². The van der Waals surface area contributed by atoms with Gasteiger partial charge >= 0.3 is 0 Å². The summed E-state index contributed by atoms with van der Waals surface area (Å²) in [6, 6.07) is 6.38. The van der Waals surface area contributed by atoms with Crippen LogP contribution in [-0.2, 0) is 0 Å². The van der Waals surface area contributed by atoms with Crippen molar-refractivity contribution >= 4 is 0 Å². The van der Waals surface area contributed by atoms with Crippen molar-refractivity contribution in [2.45, 2.75) is 6.92 Å². The average Bonchev–Trinajstić information content (AvgIpc) is 1.69. The van der Waals surface area contributed by atoms with Crippen LogP contribution in [0.2, 0.25) is 0 Å². The van der Waals surface area contributed by atoms with Gasteiger partial charge in [-0.25, -0.2) is 4.98 Å². The highest BCUT2D eigenvalue weighted by Crippen LogP contribution is 1.81. The molecule has 0 saturated heterocycles. The number of nitrogens with zero attached hydrogens (tertiary/aromatic N) is 1. The van der Waals surface area contributed by atoms with E-state index >= 15 is 0 Å². The maximum absolute atomic E-state index is 3.80. The molecule has 0 amide bonds. The lowest BCUT2D eigenvalue weighted by Gasteiger charge is -1.76. The fourth-order valence-electron chi connectivity index (χ4n) is 0.357. The number of aryl methyl sites for hydroxylation is 1. The van der Waals surface area contributed by atoms with Crippen molar-refractivity contribution < 1.29 is 0 Å². The standard InChI is InChI=1S/C6H5N/c1-6-4-2-3-5-7-6/h2,4H,1H3. The molecule has 1 heterocycles. The van der Waals surface area contributed by atoms with Crippen LogP contribution in [0.3, 0.4) is 0 Å². The van der Waals surface area contributed by atoms with E-state index in [4.69, 9.17) is 0 Å². The number of aromatic nitrogens is 1. The van der Waals surface area contributed by atoms with Crippen LogP contribution >= 0.6 is 0 Å². The summed E-state index contributed by atoms with van der Waals surface area (Å²) in [6.45, 7) is 1.92. The first-order valence-electron chi connectivity index (χ1n) is 2.11. The van der Waals surface area contributed by atoms with Gasteiger partial charge in [-0.3, -0.25) is 0 Å². The second-order valence-electron chi connectivity index (χ2n) is 1.34. The van der Waals surface area contributed by atoms with Gasteiger partial charge in [0.15, 0.2) is 0 Å². The number of rotatable bonds is 0. The lowest BCUT2D eigenvalue weighted by atomic mass is 10.4. The Labute approximate surface area is 43.0 Å². The Morgan fingerprint density at radius 2 is 2.57 bits per heavy atom. The third-order valence-corrected chi connectivity index (χ3v) is 0.705. The van der Waals surface area contributed by atoms with Gasteiger partial charge < -0.3 is 0 Å². The van der Waals surface area contributed by atoms with Crippen LogP contribution in [0, 0.1) is 19.2 Å². The smallest absolute Gasteiger partial charge is 0.0486 e. The minimum atomic E-state index is 0.985. The van der Waals surface area contributed by atoms with E-state index < -0.39 is 0 Å². The van der Waals surface area contributed by atoms with Crippen molar-refractivity contribution in [3.05, 3.63) is 30.1 Å². The van der Waals surface area contributed by atoms with Crippen molar-refractivity contribution in [3.63, 3.8) is 0 Å². The van der Waals surface area contributed by atoms with Crippen LogP contribution in [0.15, 0.2) is 12.1 Å². The summed E-state index contributed by atoms with van der Waals surface area (Å²) < 4.78 is 0. The van der Waals surface area contributed by atoms with Crippen LogP contribution in [0.25, 0.3) is 0 Å². The molecule has 1 rings (SSSR count). The van der Waals surface area contributed by atoms with E-state index in [9.17, 15) is 0 Å². The molecule has 0 N–H and O–H groups in total. The maximum atomic E-state index is 3.80. The number of hydrogen-bond donors (Lipinski definition) is 0. The molecule has 0 radical (unpaired) electrons. The summed E-state index contributed by atoms with van der Waals surface area (Å²) in [6.07, 6.45) is 2.59. The van der Waals surface area contributed by atoms with Crippen LogP contribution in [0.4, 0.5) is 0 Å². The molecule has 34 valence electrons. The topological polar surface area (TPSA) is 12.9 Å². The van der Waals surface area contributed by atoms with Gasteiger partial charge in [0.2, 0.25) is 0 Å². The average molecular weight is 91.1 g/mol. The first-order valence-corrected chi connectivity index (χ1v) is 2.11. The fraction of sp³-hybridized carbons (Fsp3) is 0.167. The Kier molecular flexibility index (Phi) is 0.953. The van der Waals surface area contributed by atoms with E-state index in [2.05, 4.69) is 17.2 Å². The first kappa shape index (κ1) is 4.14. The molecular weight excluding hydrogens is 86.1 g/mol. The van der Waals surface area contributed by atoms with E-state index in [1.165, 1.54) is 0 Å². The van der Waals surface area contributed by atoms with Gasteiger partial charge in [0.25, 0.3) is 0 Å². The molecule has 1 heteroatoms. The van der Waals surface area contributed by atoms with Crippen molar-refractivity contribution in [1.82, 2.24) is 4.98 Å². The molecule has 0 bridgehead atoms. The van der Waals surface area contributed by atoms with E-state index in [1.807, 2.05) is 13.0 Å². The highest BCUT2D eigenvalue weighted by atomic mass is 14.6. The normalized spacial score (nSPS) is 7.57. The van der Waals surface area contributed by atoms with E-state index in [0.717, 1.165) is 5.69 Å². The zero-order chi connectivity index (χ0) is 5.11. The monoisotopic (exact) mass is 91.0 g/mol. The summed E-state index contributed by atoms with van der Waals surface area (Å²) in [5.74, 6) is 0. The van der Waals surface area contributed by atoms with Crippen LogP contribution in [0.1, 0.15) is 5.69 Å². The molecule has 0 aromatic carbocycles. The van der Waals surface area contributed by atoms with E-state index in [-0.39, 0.29) is 0 Å². The minimum Gasteiger partial charge on any atom is -0.202 e. The van der Waals surface area contributed by atoms with Crippen LogP contribution in [0.5, 0.6) is 0 Å². The van der Waals surface area contributed by atoms with E-state index in [0.29, 0.717) is 0 Å². The molecule has 0 aliphatic rings. The zero-order valence-electron chi connectivity index (χ0n) is 4.10. The Balaban J connectivity index is 3.02. The van der Waals surface area contributed by atoms with Crippen molar-refractivity contribution in [2.24, 2.45) is 0 Å². The summed E-state index contributed by atoms with van der Waals surface area (Å²) in [5, 5.41) is 0. The predicted molar refractivity (Wildman–Crippen MR) is 26.6 cm³/mol. The molecule has 0 aliphatic carbocycles. The predicted octanol–water partition coefficient (Wildman–Crippen LogP) is 0.990. The SMILES string of the molecule is Cc1ccc#cn1. The van der Waals surface area contributed by atoms with Gasteiger partial charge in [0, 0.05) is 11.9 Å². The van der Waals surface area contributed by atoms with Crippen molar-refractivity contribution in [1.29, 1.82) is 0 Å². The van der Waals surface area contributed by atoms with Gasteiger partial charge in [0.05, 0.1) is 0 Å². The molecule has 0 aliphatic heterocycles. The second kappa shape index (κ2) is 1.61. The Bertz CT molecular complexity index is 134. The van der Waals surface area contributed by atoms with Gasteiger partial charge in [-0.2, -0.15) is 0 Å². The summed E-state index contributed by atoms with van der Waals surface area (Å²) >= 11 is 0. The molecule has 0 atom stereocenters. The molecule has 1 nitrogen and oxygen atoms in total. The molecule has 0 unspecified atom stereocenters. The van der Waals surface area contributed by atoms with E-state index in [1.54, 1.807) is 6.07 Å². The molecular formula is C6H5N. The summed E-state index contributed by atoms with van der Waals surface area (Å²) in [5.41, 5.74) is 0.985. The Morgan fingerprint density at radius 3 is 2.86 bits per heavy atom. The van der Waals surface area contributed by atoms with Crippen LogP contribution < -0.4 is 0 Å². The molecule has 1 aromatic rings. The quantitative estimate of drug-likeness (QED) is 0.464. The van der Waals surface area contributed by atoms with Crippen molar-refractivity contribution in [2.75, 3.05) is 0 Å². The lowest BCUT2D eigenvalue weighted by molar-refractivity contribution is 1.21. The summed E-state index contributed by atoms with van der Waals surface area (Å²) in [7, 11) is 0. The van der Waals surface area contributed by atoms with Gasteiger partial charge in [-0.1, -0.05) is 0 Å².